The highest BCUT2D eigenvalue weighted by Gasteiger charge is 2.14. The van der Waals surface area contributed by atoms with Crippen LogP contribution in [-0.4, -0.2) is 23.8 Å². The number of allylic oxidation sites excluding steroid dienone is 1. The van der Waals surface area contributed by atoms with Gasteiger partial charge in [0.25, 0.3) is 11.6 Å². The van der Waals surface area contributed by atoms with Crippen molar-refractivity contribution in [3.63, 3.8) is 0 Å². The van der Waals surface area contributed by atoms with E-state index in [9.17, 15) is 23.3 Å². The number of rotatable bonds is 5. The Labute approximate surface area is 163 Å². The summed E-state index contributed by atoms with van der Waals surface area (Å²) in [4.78, 5) is 27.0. The van der Waals surface area contributed by atoms with Gasteiger partial charge < -0.3 is 4.57 Å². The van der Waals surface area contributed by atoms with Crippen LogP contribution in [0.5, 0.6) is 0 Å². The average molecular weight is 418 g/mol. The van der Waals surface area contributed by atoms with Crippen molar-refractivity contribution in [3.05, 3.63) is 75.6 Å². The molecule has 0 saturated heterocycles. The molecule has 1 amide bonds. The van der Waals surface area contributed by atoms with Gasteiger partial charge in [-0.1, -0.05) is 17.4 Å². The first-order chi connectivity index (χ1) is 13.2. The summed E-state index contributed by atoms with van der Waals surface area (Å²) in [6.07, 6.45) is 1.62. The van der Waals surface area contributed by atoms with Crippen LogP contribution in [0.25, 0.3) is 10.2 Å². The van der Waals surface area contributed by atoms with Gasteiger partial charge in [0.15, 0.2) is 4.80 Å². The Hall–Kier alpha value is -3.15. The minimum Gasteiger partial charge on any atom is -0.312 e. The summed E-state index contributed by atoms with van der Waals surface area (Å²) in [5, 5.41) is 15.9. The SMILES string of the molecule is C=CCn1c(=NC(=O)c2ccc([N+](=O)[O-])cc2)sc2cc(S(N)(=O)=O)ccc21. The van der Waals surface area contributed by atoms with E-state index in [-0.39, 0.29) is 16.1 Å². The minimum absolute atomic E-state index is 0.0414. The van der Waals surface area contributed by atoms with Crippen molar-refractivity contribution in [1.29, 1.82) is 0 Å². The minimum atomic E-state index is -3.86. The Kier molecular flexibility index (Phi) is 5.23. The summed E-state index contributed by atoms with van der Waals surface area (Å²) >= 11 is 1.12. The molecular weight excluding hydrogens is 404 g/mol. The zero-order valence-electron chi connectivity index (χ0n) is 14.3. The quantitative estimate of drug-likeness (QED) is 0.384. The lowest BCUT2D eigenvalue weighted by Gasteiger charge is -2.02. The fourth-order valence-corrected chi connectivity index (χ4v) is 4.19. The molecule has 0 aliphatic carbocycles. The molecule has 0 radical (unpaired) electrons. The Balaban J connectivity index is 2.12. The number of nitro groups is 1. The molecule has 0 fully saturated rings. The van der Waals surface area contributed by atoms with Gasteiger partial charge in [-0.2, -0.15) is 4.99 Å². The number of nitro benzene ring substituents is 1. The average Bonchev–Trinajstić information content (AvgIpc) is 2.98. The molecule has 1 aromatic heterocycles. The third kappa shape index (κ3) is 3.91. The van der Waals surface area contributed by atoms with Crippen LogP contribution in [0.15, 0.2) is 65.0 Å². The van der Waals surface area contributed by atoms with Crippen molar-refractivity contribution in [2.75, 3.05) is 0 Å². The predicted molar refractivity (Wildman–Crippen MR) is 104 cm³/mol. The van der Waals surface area contributed by atoms with Gasteiger partial charge in [-0.15, -0.1) is 6.58 Å². The molecule has 0 atom stereocenters. The van der Waals surface area contributed by atoms with Crippen molar-refractivity contribution in [3.8, 4) is 0 Å². The number of hydrogen-bond donors (Lipinski definition) is 1. The highest BCUT2D eigenvalue weighted by Crippen LogP contribution is 2.21. The van der Waals surface area contributed by atoms with E-state index in [0.717, 1.165) is 11.3 Å². The highest BCUT2D eigenvalue weighted by molar-refractivity contribution is 7.89. The lowest BCUT2D eigenvalue weighted by atomic mass is 10.2. The number of carbonyl (C=O) groups is 1. The second-order valence-corrected chi connectivity index (χ2v) is 8.25. The zero-order chi connectivity index (χ0) is 20.5. The third-order valence-electron chi connectivity index (χ3n) is 3.82. The van der Waals surface area contributed by atoms with Gasteiger partial charge in [-0.3, -0.25) is 14.9 Å². The number of amides is 1. The lowest BCUT2D eigenvalue weighted by molar-refractivity contribution is -0.384. The van der Waals surface area contributed by atoms with Crippen LogP contribution in [-0.2, 0) is 16.6 Å². The molecular formula is C17H14N4O5S2. The van der Waals surface area contributed by atoms with Crippen LogP contribution in [0.2, 0.25) is 0 Å². The molecule has 0 aliphatic rings. The van der Waals surface area contributed by atoms with E-state index < -0.39 is 20.9 Å². The van der Waals surface area contributed by atoms with Gasteiger partial charge in [0.2, 0.25) is 10.0 Å². The number of sulfonamides is 1. The summed E-state index contributed by atoms with van der Waals surface area (Å²) in [6, 6.07) is 9.50. The number of nitrogens with zero attached hydrogens (tertiary/aromatic N) is 3. The summed E-state index contributed by atoms with van der Waals surface area (Å²) in [5.74, 6) is -0.578. The molecule has 11 heteroatoms. The molecule has 0 unspecified atom stereocenters. The Morgan fingerprint density at radius 3 is 2.54 bits per heavy atom. The molecule has 3 rings (SSSR count). The van der Waals surface area contributed by atoms with Gasteiger partial charge in [0.1, 0.15) is 0 Å². The standard InChI is InChI=1S/C17H14N4O5S2/c1-2-9-20-14-8-7-13(28(18,25)26)10-15(14)27-17(20)19-16(22)11-3-5-12(6-4-11)21(23)24/h2-8,10H,1,9H2,(H2,18,25,26). The van der Waals surface area contributed by atoms with Crippen molar-refractivity contribution >= 4 is 43.2 Å². The van der Waals surface area contributed by atoms with Gasteiger partial charge in [-0.25, -0.2) is 13.6 Å². The number of carbonyl (C=O) groups excluding carboxylic acids is 1. The molecule has 1 heterocycles. The first kappa shape index (κ1) is 19.6. The van der Waals surface area contributed by atoms with Crippen LogP contribution in [0.4, 0.5) is 5.69 Å². The second kappa shape index (κ2) is 7.46. The summed E-state index contributed by atoms with van der Waals surface area (Å²) in [5.41, 5.74) is 0.738. The molecule has 0 aliphatic heterocycles. The van der Waals surface area contributed by atoms with E-state index in [1.54, 1.807) is 16.7 Å². The zero-order valence-corrected chi connectivity index (χ0v) is 15.9. The lowest BCUT2D eigenvalue weighted by Crippen LogP contribution is -2.16. The molecule has 28 heavy (non-hydrogen) atoms. The Bertz CT molecular complexity index is 1270. The maximum Gasteiger partial charge on any atom is 0.279 e. The van der Waals surface area contributed by atoms with E-state index in [4.69, 9.17) is 5.14 Å². The van der Waals surface area contributed by atoms with Crippen LogP contribution in [0.1, 0.15) is 10.4 Å². The fourth-order valence-electron chi connectivity index (χ4n) is 2.50. The Morgan fingerprint density at radius 2 is 1.96 bits per heavy atom. The predicted octanol–water partition coefficient (Wildman–Crippen LogP) is 2.19. The highest BCUT2D eigenvalue weighted by atomic mass is 32.2. The topological polar surface area (TPSA) is 138 Å². The first-order valence-electron chi connectivity index (χ1n) is 7.81. The van der Waals surface area contributed by atoms with E-state index >= 15 is 0 Å². The number of non-ortho nitro benzene ring substituents is 1. The summed E-state index contributed by atoms with van der Waals surface area (Å²) in [6.45, 7) is 4.03. The number of nitrogens with two attached hydrogens (primary N) is 1. The molecule has 2 aromatic carbocycles. The van der Waals surface area contributed by atoms with Gasteiger partial charge in [0, 0.05) is 24.2 Å². The Morgan fingerprint density at radius 1 is 1.29 bits per heavy atom. The molecule has 0 spiro atoms. The van der Waals surface area contributed by atoms with Crippen LogP contribution < -0.4 is 9.94 Å². The second-order valence-electron chi connectivity index (χ2n) is 5.68. The van der Waals surface area contributed by atoms with Gasteiger partial charge in [0.05, 0.1) is 20.0 Å². The molecule has 3 aromatic rings. The third-order valence-corrected chi connectivity index (χ3v) is 5.77. The molecule has 9 nitrogen and oxygen atoms in total. The van der Waals surface area contributed by atoms with Crippen molar-refractivity contribution in [2.45, 2.75) is 11.4 Å². The normalized spacial score (nSPS) is 12.2. The van der Waals surface area contributed by atoms with Crippen molar-refractivity contribution < 1.29 is 18.1 Å². The van der Waals surface area contributed by atoms with Crippen molar-refractivity contribution in [1.82, 2.24) is 4.57 Å². The first-order valence-corrected chi connectivity index (χ1v) is 10.2. The largest absolute Gasteiger partial charge is 0.312 e. The monoisotopic (exact) mass is 418 g/mol. The van der Waals surface area contributed by atoms with Crippen LogP contribution in [0.3, 0.4) is 0 Å². The van der Waals surface area contributed by atoms with E-state index in [1.165, 1.54) is 36.4 Å². The number of aromatic nitrogens is 1. The smallest absolute Gasteiger partial charge is 0.279 e. The van der Waals surface area contributed by atoms with Crippen LogP contribution >= 0.6 is 11.3 Å². The number of hydrogen-bond acceptors (Lipinski definition) is 6. The molecule has 0 saturated carbocycles. The molecule has 144 valence electrons. The number of fused-ring (bicyclic) bond motifs is 1. The number of benzene rings is 2. The van der Waals surface area contributed by atoms with Gasteiger partial charge >= 0.3 is 0 Å². The fraction of sp³-hybridized carbons (Fsp3) is 0.0588. The van der Waals surface area contributed by atoms with E-state index in [1.807, 2.05) is 0 Å². The maximum atomic E-state index is 12.5. The molecule has 0 bridgehead atoms. The van der Waals surface area contributed by atoms with Gasteiger partial charge in [-0.05, 0) is 30.3 Å². The van der Waals surface area contributed by atoms with E-state index in [2.05, 4.69) is 11.6 Å². The van der Waals surface area contributed by atoms with Crippen molar-refractivity contribution in [2.24, 2.45) is 10.1 Å². The van der Waals surface area contributed by atoms with Crippen LogP contribution in [0, 0.1) is 10.1 Å². The summed E-state index contributed by atoms with van der Waals surface area (Å²) in [7, 11) is -3.86. The maximum absolute atomic E-state index is 12.5. The number of primary sulfonamides is 1. The molecule has 2 N–H and O–H groups in total. The van der Waals surface area contributed by atoms with E-state index in [0.29, 0.717) is 21.6 Å². The summed E-state index contributed by atoms with van der Waals surface area (Å²) < 4.78 is 25.4. The number of thiazole rings is 1.